The fourth-order valence-corrected chi connectivity index (χ4v) is 11.8. The van der Waals surface area contributed by atoms with Crippen molar-refractivity contribution in [2.24, 2.45) is 9.98 Å². The highest BCUT2D eigenvalue weighted by molar-refractivity contribution is 8.01. The van der Waals surface area contributed by atoms with Gasteiger partial charge in [0.05, 0.1) is 17.0 Å². The minimum Gasteiger partial charge on any atom is -0.256 e. The topological polar surface area (TPSA) is 24.7 Å². The zero-order valence-electron chi connectivity index (χ0n) is 30.0. The van der Waals surface area contributed by atoms with E-state index in [1.54, 1.807) is 11.1 Å². The van der Waals surface area contributed by atoms with E-state index in [-0.39, 0.29) is 22.1 Å². The molecule has 5 aromatic carbocycles. The molecule has 1 saturated carbocycles. The molecular weight excluding hydrogens is 649 g/mol. The molecule has 1 spiro atoms. The lowest BCUT2D eigenvalue weighted by atomic mass is 9.67. The molecule has 6 aliphatic rings. The highest BCUT2D eigenvalue weighted by Crippen LogP contribution is 2.60. The highest BCUT2D eigenvalue weighted by Gasteiger charge is 2.46. The molecule has 1 fully saturated rings. The Hall–Kier alpha value is -4.73. The van der Waals surface area contributed by atoms with Crippen molar-refractivity contribution in [3.8, 4) is 33.4 Å². The Morgan fingerprint density at radius 1 is 0.635 bits per heavy atom. The van der Waals surface area contributed by atoms with Gasteiger partial charge in [-0.15, -0.1) is 11.8 Å². The van der Waals surface area contributed by atoms with Gasteiger partial charge in [0.1, 0.15) is 0 Å². The van der Waals surface area contributed by atoms with Gasteiger partial charge in [-0.25, -0.2) is 4.99 Å². The van der Waals surface area contributed by atoms with Crippen LogP contribution in [0.2, 0.25) is 0 Å². The summed E-state index contributed by atoms with van der Waals surface area (Å²) in [5.41, 5.74) is 19.3. The maximum absolute atomic E-state index is 5.29. The van der Waals surface area contributed by atoms with Gasteiger partial charge in [0.15, 0.2) is 5.84 Å². The molecule has 5 aromatic rings. The number of nitrogens with zero attached hydrogens (tertiary/aromatic N) is 2. The Bertz CT molecular complexity index is 2450. The van der Waals surface area contributed by atoms with E-state index in [4.69, 9.17) is 9.98 Å². The fraction of sp³-hybridized carbons (Fsp3) is 0.265. The summed E-state index contributed by atoms with van der Waals surface area (Å²) >= 11 is 1.92. The van der Waals surface area contributed by atoms with E-state index in [0.717, 1.165) is 30.0 Å². The normalized spacial score (nSPS) is 22.4. The molecule has 0 radical (unpaired) electrons. The van der Waals surface area contributed by atoms with Crippen molar-refractivity contribution in [3.63, 3.8) is 0 Å². The van der Waals surface area contributed by atoms with Gasteiger partial charge < -0.3 is 0 Å². The summed E-state index contributed by atoms with van der Waals surface area (Å²) in [7, 11) is 0. The molecule has 0 amide bonds. The van der Waals surface area contributed by atoms with Crippen molar-refractivity contribution in [1.29, 1.82) is 0 Å². The summed E-state index contributed by atoms with van der Waals surface area (Å²) in [4.78, 5) is 11.9. The van der Waals surface area contributed by atoms with E-state index in [0.29, 0.717) is 0 Å². The van der Waals surface area contributed by atoms with E-state index in [9.17, 15) is 0 Å². The lowest BCUT2D eigenvalue weighted by Gasteiger charge is -2.36. The fourth-order valence-electron chi connectivity index (χ4n) is 10.4. The van der Waals surface area contributed by atoms with Crippen LogP contribution in [0, 0.1) is 0 Å². The average molecular weight is 691 g/mol. The van der Waals surface area contributed by atoms with Crippen LogP contribution in [0.1, 0.15) is 98.2 Å². The largest absolute Gasteiger partial charge is 0.256 e. The molecule has 0 N–H and O–H groups in total. The summed E-state index contributed by atoms with van der Waals surface area (Å²) in [6.07, 6.45) is 15.4. The predicted molar refractivity (Wildman–Crippen MR) is 218 cm³/mol. The third kappa shape index (κ3) is 4.38. The van der Waals surface area contributed by atoms with Crippen LogP contribution in [-0.4, -0.2) is 16.8 Å². The van der Waals surface area contributed by atoms with Gasteiger partial charge >= 0.3 is 0 Å². The summed E-state index contributed by atoms with van der Waals surface area (Å²) in [6, 6.07) is 39.7. The minimum absolute atomic E-state index is 0.0706. The van der Waals surface area contributed by atoms with Gasteiger partial charge in [-0.1, -0.05) is 136 Å². The first-order valence-electron chi connectivity index (χ1n) is 19.3. The van der Waals surface area contributed by atoms with Crippen LogP contribution < -0.4 is 0 Å². The first-order valence-corrected chi connectivity index (χ1v) is 20.2. The molecule has 2 heterocycles. The van der Waals surface area contributed by atoms with E-state index in [1.165, 1.54) is 92.6 Å². The minimum atomic E-state index is -0.0706. The Balaban J connectivity index is 0.956. The van der Waals surface area contributed by atoms with Crippen molar-refractivity contribution in [2.75, 3.05) is 0 Å². The van der Waals surface area contributed by atoms with Gasteiger partial charge in [0, 0.05) is 21.3 Å². The van der Waals surface area contributed by atoms with Crippen LogP contribution in [-0.2, 0) is 10.8 Å². The first-order chi connectivity index (χ1) is 25.5. The molecule has 0 aromatic heterocycles. The molecule has 4 aliphatic carbocycles. The van der Waals surface area contributed by atoms with Crippen molar-refractivity contribution in [1.82, 2.24) is 0 Å². The SMILES string of the molecule is CC1(C)c2cc(-c3ccc(C4=NC(C5=CCCC=C5)=NC5c6ccccc6SC45)cc3)ccc2-c2cc3c(cc21)C1(CCCCC1)c1ccccc1-3. The Morgan fingerprint density at radius 3 is 2.21 bits per heavy atom. The first kappa shape index (κ1) is 30.9. The molecule has 254 valence electrons. The Labute approximate surface area is 311 Å². The third-order valence-electron chi connectivity index (χ3n) is 13.1. The zero-order chi connectivity index (χ0) is 34.6. The van der Waals surface area contributed by atoms with E-state index in [1.807, 2.05) is 11.8 Å². The average Bonchev–Trinajstić information content (AvgIpc) is 3.78. The number of thioether (sulfide) groups is 1. The van der Waals surface area contributed by atoms with Crippen molar-refractivity contribution in [3.05, 3.63) is 160 Å². The number of allylic oxidation sites excluding steroid dienone is 2. The number of aliphatic imine (C=N–C) groups is 2. The van der Waals surface area contributed by atoms with E-state index >= 15 is 0 Å². The second-order valence-corrected chi connectivity index (χ2v) is 17.4. The summed E-state index contributed by atoms with van der Waals surface area (Å²) in [5, 5.41) is 0.181. The highest BCUT2D eigenvalue weighted by atomic mass is 32.2. The second kappa shape index (κ2) is 11.4. The molecular formula is C49H42N2S. The van der Waals surface area contributed by atoms with Gasteiger partial charge in [0.2, 0.25) is 0 Å². The number of benzene rings is 5. The van der Waals surface area contributed by atoms with E-state index < -0.39 is 0 Å². The number of hydrogen-bond donors (Lipinski definition) is 0. The van der Waals surface area contributed by atoms with Crippen LogP contribution in [0.3, 0.4) is 0 Å². The Morgan fingerprint density at radius 2 is 1.37 bits per heavy atom. The summed E-state index contributed by atoms with van der Waals surface area (Å²) < 4.78 is 0. The predicted octanol–water partition coefficient (Wildman–Crippen LogP) is 12.6. The molecule has 11 rings (SSSR count). The maximum atomic E-state index is 5.29. The number of hydrogen-bond acceptors (Lipinski definition) is 3. The smallest absolute Gasteiger partial charge is 0.155 e. The van der Waals surface area contributed by atoms with Gasteiger partial charge in [0.25, 0.3) is 0 Å². The van der Waals surface area contributed by atoms with Gasteiger partial charge in [-0.2, -0.15) is 0 Å². The molecule has 0 bridgehead atoms. The van der Waals surface area contributed by atoms with Gasteiger partial charge in [-0.05, 0) is 111 Å². The Kier molecular flexibility index (Phi) is 6.75. The van der Waals surface area contributed by atoms with Crippen LogP contribution >= 0.6 is 11.8 Å². The molecule has 0 saturated heterocycles. The molecule has 3 heteroatoms. The quantitative estimate of drug-likeness (QED) is 0.185. The monoisotopic (exact) mass is 690 g/mol. The molecule has 52 heavy (non-hydrogen) atoms. The van der Waals surface area contributed by atoms with E-state index in [2.05, 4.69) is 135 Å². The third-order valence-corrected chi connectivity index (χ3v) is 14.4. The summed E-state index contributed by atoms with van der Waals surface area (Å²) in [6.45, 7) is 4.88. The van der Waals surface area contributed by atoms with Crippen LogP contribution in [0.15, 0.2) is 142 Å². The lowest BCUT2D eigenvalue weighted by Crippen LogP contribution is -2.28. The van der Waals surface area contributed by atoms with Crippen LogP contribution in [0.4, 0.5) is 0 Å². The lowest BCUT2D eigenvalue weighted by molar-refractivity contribution is 0.352. The maximum Gasteiger partial charge on any atom is 0.155 e. The molecule has 2 aliphatic heterocycles. The number of amidine groups is 1. The molecule has 2 atom stereocenters. The van der Waals surface area contributed by atoms with Gasteiger partial charge in [-0.3, -0.25) is 4.99 Å². The van der Waals surface area contributed by atoms with Crippen molar-refractivity contribution in [2.45, 2.75) is 85.8 Å². The standard InChI is InChI=1S/C49H42N2S/c1-48(2)40-27-33(23-24-35(40)37-28-38-34-15-7-9-17-39(34)49(25-11-4-12-26-49)42(38)29-41(37)48)30-19-21-31(22-20-30)44-46-45(36-16-8-10-18-43(36)52-46)51-47(50-44)32-13-5-3-6-14-32/h5,7-10,13-24,27-29,45-46H,3-4,6,11-12,25-26H2,1-2H3. The number of rotatable bonds is 3. The molecule has 2 unspecified atom stereocenters. The van der Waals surface area contributed by atoms with Crippen molar-refractivity contribution < 1.29 is 0 Å². The molecule has 2 nitrogen and oxygen atoms in total. The van der Waals surface area contributed by atoms with Crippen molar-refractivity contribution >= 4 is 23.3 Å². The van der Waals surface area contributed by atoms with Crippen LogP contribution in [0.25, 0.3) is 33.4 Å². The second-order valence-electron chi connectivity index (χ2n) is 16.2. The number of fused-ring (bicyclic) bond motifs is 11. The zero-order valence-corrected chi connectivity index (χ0v) is 30.8. The van der Waals surface area contributed by atoms with Crippen LogP contribution in [0.5, 0.6) is 0 Å². The summed E-state index contributed by atoms with van der Waals surface area (Å²) in [5.74, 6) is 0.873.